The number of fused-ring (bicyclic) bond motifs is 1. The van der Waals surface area contributed by atoms with Gasteiger partial charge in [-0.3, -0.25) is 14.5 Å². The lowest BCUT2D eigenvalue weighted by atomic mass is 10.1. The van der Waals surface area contributed by atoms with Crippen LogP contribution < -0.4 is 10.0 Å². The molecule has 6 nitrogen and oxygen atoms in total. The van der Waals surface area contributed by atoms with E-state index < -0.39 is 10.0 Å². The largest absolute Gasteiger partial charge is 0.345 e. The van der Waals surface area contributed by atoms with Crippen LogP contribution in [-0.4, -0.2) is 19.3 Å². The molecule has 1 amide bonds. The molecule has 0 saturated carbocycles. The molecule has 148 valence electrons. The van der Waals surface area contributed by atoms with E-state index in [0.717, 1.165) is 24.0 Å². The number of carbonyl (C=O) groups is 1. The molecular formula is C21H18ClN3O3S. The van der Waals surface area contributed by atoms with Crippen LogP contribution in [0, 0.1) is 0 Å². The van der Waals surface area contributed by atoms with Gasteiger partial charge in [-0.2, -0.15) is 0 Å². The predicted octanol–water partition coefficient (Wildman–Crippen LogP) is 3.95. The maximum absolute atomic E-state index is 12.6. The number of hydrogen-bond acceptors (Lipinski definition) is 4. The topological polar surface area (TPSA) is 88.2 Å². The average molecular weight is 428 g/mol. The second-order valence-corrected chi connectivity index (χ2v) is 8.89. The van der Waals surface area contributed by atoms with Gasteiger partial charge in [0.1, 0.15) is 0 Å². The molecule has 0 bridgehead atoms. The van der Waals surface area contributed by atoms with Gasteiger partial charge in [0.15, 0.2) is 0 Å². The first kappa shape index (κ1) is 19.4. The summed E-state index contributed by atoms with van der Waals surface area (Å²) in [5, 5.41) is 3.70. The number of hydrogen-bond donors (Lipinski definition) is 2. The third kappa shape index (κ3) is 4.26. The maximum Gasteiger partial charge on any atom is 0.261 e. The number of benzene rings is 2. The number of aryl methyl sites for hydroxylation is 1. The molecule has 0 fully saturated rings. The van der Waals surface area contributed by atoms with Gasteiger partial charge in [0, 0.05) is 23.0 Å². The fourth-order valence-corrected chi connectivity index (χ4v) is 4.65. The molecule has 2 N–H and O–H groups in total. The zero-order valence-corrected chi connectivity index (χ0v) is 16.9. The number of nitrogens with zero attached hydrogens (tertiary/aromatic N) is 1. The minimum Gasteiger partial charge on any atom is -0.345 e. The molecule has 0 radical (unpaired) electrons. The molecule has 1 heterocycles. The Morgan fingerprint density at radius 3 is 2.48 bits per heavy atom. The summed E-state index contributed by atoms with van der Waals surface area (Å²) >= 11 is 6.03. The molecule has 1 aliphatic carbocycles. The summed E-state index contributed by atoms with van der Waals surface area (Å²) < 4.78 is 27.4. The van der Waals surface area contributed by atoms with Crippen LogP contribution in [-0.2, 0) is 16.4 Å². The molecule has 2 aromatic carbocycles. The molecular weight excluding hydrogens is 410 g/mol. The van der Waals surface area contributed by atoms with E-state index in [4.69, 9.17) is 11.6 Å². The predicted molar refractivity (Wildman–Crippen MR) is 111 cm³/mol. The van der Waals surface area contributed by atoms with Crippen molar-refractivity contribution in [3.05, 3.63) is 88.7 Å². The van der Waals surface area contributed by atoms with Crippen molar-refractivity contribution in [2.45, 2.75) is 23.8 Å². The van der Waals surface area contributed by atoms with Crippen molar-refractivity contribution in [1.82, 2.24) is 10.3 Å². The normalized spacial score (nSPS) is 15.6. The Morgan fingerprint density at radius 2 is 1.76 bits per heavy atom. The Balaban J connectivity index is 1.46. The number of carbonyl (C=O) groups excluding carboxylic acids is 1. The smallest absolute Gasteiger partial charge is 0.261 e. The summed E-state index contributed by atoms with van der Waals surface area (Å²) in [7, 11) is -3.74. The Labute approximate surface area is 174 Å². The van der Waals surface area contributed by atoms with E-state index >= 15 is 0 Å². The second-order valence-electron chi connectivity index (χ2n) is 6.77. The molecule has 1 unspecified atom stereocenters. The van der Waals surface area contributed by atoms with Crippen molar-refractivity contribution >= 4 is 33.2 Å². The first-order valence-corrected chi connectivity index (χ1v) is 10.9. The van der Waals surface area contributed by atoms with Crippen molar-refractivity contribution in [3.8, 4) is 0 Å². The standard InChI is InChI=1S/C21H18ClN3O3S/c22-16-4-7-19-15(13-16)3-8-20(19)24-21(26)14-1-5-18(6-2-14)29(27,28)25-17-9-11-23-12-10-17/h1-2,4-7,9-13,20H,3,8H2,(H,23,25)(H,24,26). The highest BCUT2D eigenvalue weighted by molar-refractivity contribution is 7.92. The quantitative estimate of drug-likeness (QED) is 0.645. The highest BCUT2D eigenvalue weighted by Crippen LogP contribution is 2.33. The molecule has 1 aliphatic rings. The summed E-state index contributed by atoms with van der Waals surface area (Å²) in [6, 6.07) is 14.6. The summed E-state index contributed by atoms with van der Waals surface area (Å²) in [6.45, 7) is 0. The van der Waals surface area contributed by atoms with Crippen LogP contribution in [0.2, 0.25) is 5.02 Å². The highest BCUT2D eigenvalue weighted by atomic mass is 35.5. The molecule has 0 spiro atoms. The number of nitrogens with one attached hydrogen (secondary N) is 2. The van der Waals surface area contributed by atoms with E-state index in [1.165, 1.54) is 36.7 Å². The van der Waals surface area contributed by atoms with Gasteiger partial charge in [0.05, 0.1) is 16.6 Å². The number of aromatic nitrogens is 1. The fraction of sp³-hybridized carbons (Fsp3) is 0.143. The highest BCUT2D eigenvalue weighted by Gasteiger charge is 2.24. The van der Waals surface area contributed by atoms with E-state index in [1.807, 2.05) is 18.2 Å². The van der Waals surface area contributed by atoms with E-state index in [9.17, 15) is 13.2 Å². The van der Waals surface area contributed by atoms with E-state index in [0.29, 0.717) is 16.3 Å². The van der Waals surface area contributed by atoms with E-state index in [-0.39, 0.29) is 16.8 Å². The molecule has 29 heavy (non-hydrogen) atoms. The van der Waals surface area contributed by atoms with Crippen LogP contribution in [0.1, 0.15) is 33.9 Å². The summed E-state index contributed by atoms with van der Waals surface area (Å²) in [6.07, 6.45) is 4.67. The van der Waals surface area contributed by atoms with Gasteiger partial charge in [-0.05, 0) is 72.5 Å². The zero-order chi connectivity index (χ0) is 20.4. The van der Waals surface area contributed by atoms with Crippen LogP contribution in [0.3, 0.4) is 0 Å². The number of sulfonamides is 1. The lowest BCUT2D eigenvalue weighted by molar-refractivity contribution is 0.0936. The van der Waals surface area contributed by atoms with Crippen molar-refractivity contribution in [3.63, 3.8) is 0 Å². The Morgan fingerprint density at radius 1 is 1.03 bits per heavy atom. The van der Waals surface area contributed by atoms with Crippen molar-refractivity contribution in [1.29, 1.82) is 0 Å². The van der Waals surface area contributed by atoms with E-state index in [2.05, 4.69) is 15.0 Å². The van der Waals surface area contributed by atoms with Crippen LogP contribution in [0.25, 0.3) is 0 Å². The summed E-state index contributed by atoms with van der Waals surface area (Å²) in [5.41, 5.74) is 3.03. The van der Waals surface area contributed by atoms with Gasteiger partial charge < -0.3 is 5.32 Å². The fourth-order valence-electron chi connectivity index (χ4n) is 3.40. The van der Waals surface area contributed by atoms with Crippen molar-refractivity contribution < 1.29 is 13.2 Å². The molecule has 3 aromatic rings. The lowest BCUT2D eigenvalue weighted by Gasteiger charge is -2.14. The first-order valence-electron chi connectivity index (χ1n) is 9.04. The number of rotatable bonds is 5. The van der Waals surface area contributed by atoms with E-state index in [1.54, 1.807) is 12.1 Å². The van der Waals surface area contributed by atoms with Crippen LogP contribution >= 0.6 is 11.6 Å². The Kier molecular flexibility index (Phi) is 5.25. The molecule has 8 heteroatoms. The third-order valence-corrected chi connectivity index (χ3v) is 6.48. The van der Waals surface area contributed by atoms with Crippen molar-refractivity contribution in [2.75, 3.05) is 4.72 Å². The van der Waals surface area contributed by atoms with Crippen molar-refractivity contribution in [2.24, 2.45) is 0 Å². The van der Waals surface area contributed by atoms with Gasteiger partial charge >= 0.3 is 0 Å². The number of halogens is 1. The molecule has 0 aliphatic heterocycles. The number of anilines is 1. The van der Waals surface area contributed by atoms with Gasteiger partial charge in [0.2, 0.25) is 0 Å². The number of pyridine rings is 1. The summed E-state index contributed by atoms with van der Waals surface area (Å²) in [5.74, 6) is -0.246. The Hall–Kier alpha value is -2.90. The lowest BCUT2D eigenvalue weighted by Crippen LogP contribution is -2.27. The monoisotopic (exact) mass is 427 g/mol. The second kappa shape index (κ2) is 7.85. The van der Waals surface area contributed by atoms with Gasteiger partial charge in [-0.15, -0.1) is 0 Å². The first-order chi connectivity index (χ1) is 13.9. The SMILES string of the molecule is O=C(NC1CCc2cc(Cl)ccc21)c1ccc(S(=O)(=O)Nc2ccncc2)cc1. The van der Waals surface area contributed by atoms with Gasteiger partial charge in [-0.1, -0.05) is 17.7 Å². The minimum atomic E-state index is -3.74. The Bertz CT molecular complexity index is 1150. The molecule has 0 saturated heterocycles. The van der Waals surface area contributed by atoms with Crippen LogP contribution in [0.5, 0.6) is 0 Å². The summed E-state index contributed by atoms with van der Waals surface area (Å²) in [4.78, 5) is 16.5. The minimum absolute atomic E-state index is 0.0757. The van der Waals surface area contributed by atoms with Crippen LogP contribution in [0.4, 0.5) is 5.69 Å². The third-order valence-electron chi connectivity index (χ3n) is 4.85. The average Bonchev–Trinajstić information content (AvgIpc) is 3.10. The van der Waals surface area contributed by atoms with Gasteiger partial charge in [-0.25, -0.2) is 8.42 Å². The molecule has 1 aromatic heterocycles. The number of amides is 1. The molecule has 1 atom stereocenters. The van der Waals surface area contributed by atoms with Gasteiger partial charge in [0.25, 0.3) is 15.9 Å². The molecule has 4 rings (SSSR count). The van der Waals surface area contributed by atoms with Crippen LogP contribution in [0.15, 0.2) is 71.9 Å². The zero-order valence-electron chi connectivity index (χ0n) is 15.3. The maximum atomic E-state index is 12.6.